The average Bonchev–Trinajstić information content (AvgIpc) is 2.98. The number of benzene rings is 2. The first-order chi connectivity index (χ1) is 12.0. The van der Waals surface area contributed by atoms with Crippen LogP contribution in [-0.4, -0.2) is 25.2 Å². The second-order valence-electron chi connectivity index (χ2n) is 5.31. The van der Waals surface area contributed by atoms with Gasteiger partial charge in [0.2, 0.25) is 5.88 Å². The van der Waals surface area contributed by atoms with Crippen molar-refractivity contribution in [3.8, 4) is 28.2 Å². The van der Waals surface area contributed by atoms with Crippen LogP contribution in [0.15, 0.2) is 52.9 Å². The molecule has 5 nitrogen and oxygen atoms in total. The van der Waals surface area contributed by atoms with Gasteiger partial charge in [-0.3, -0.25) is 0 Å². The van der Waals surface area contributed by atoms with Crippen molar-refractivity contribution in [1.29, 1.82) is 0 Å². The van der Waals surface area contributed by atoms with Crippen molar-refractivity contribution < 1.29 is 23.4 Å². The van der Waals surface area contributed by atoms with Crippen molar-refractivity contribution in [2.24, 2.45) is 0 Å². The summed E-state index contributed by atoms with van der Waals surface area (Å²) in [7, 11) is 2.95. The zero-order valence-electron chi connectivity index (χ0n) is 13.7. The third-order valence-electron chi connectivity index (χ3n) is 3.79. The molecule has 2 aromatic carbocycles. The summed E-state index contributed by atoms with van der Waals surface area (Å²) in [5.41, 5.74) is 1.88. The molecule has 0 aliphatic heterocycles. The molecule has 0 saturated heterocycles. The highest BCUT2D eigenvalue weighted by Crippen LogP contribution is 2.46. The molecule has 3 rings (SSSR count). The van der Waals surface area contributed by atoms with Crippen LogP contribution in [0.4, 0.5) is 10.3 Å². The number of ether oxygens (including phenoxy) is 1. The molecular weight excluding hydrogens is 325 g/mol. The molecule has 0 atom stereocenters. The molecule has 1 heterocycles. The summed E-state index contributed by atoms with van der Waals surface area (Å²) < 4.78 is 23.5. The van der Waals surface area contributed by atoms with Gasteiger partial charge in [0.15, 0.2) is 11.5 Å². The van der Waals surface area contributed by atoms with Crippen LogP contribution in [0.1, 0.15) is 10.4 Å². The van der Waals surface area contributed by atoms with Gasteiger partial charge in [-0.25, -0.2) is 9.18 Å². The Labute approximate surface area is 143 Å². The van der Waals surface area contributed by atoms with Gasteiger partial charge in [0, 0.05) is 12.6 Å². The number of carbonyl (C=O) groups excluding carboxylic acids is 1. The van der Waals surface area contributed by atoms with Gasteiger partial charge >= 0.3 is 5.97 Å². The molecule has 0 fully saturated rings. The first kappa shape index (κ1) is 16.6. The minimum absolute atomic E-state index is 0.0991. The maximum absolute atomic E-state index is 13.1. The number of nitrogens with one attached hydrogen (secondary N) is 1. The number of hydrogen-bond acceptors (Lipinski definition) is 5. The number of rotatable bonds is 4. The minimum Gasteiger partial charge on any atom is -0.504 e. The Balaban J connectivity index is 2.14. The Hall–Kier alpha value is -3.28. The number of anilines is 1. The molecule has 0 unspecified atom stereocenters. The van der Waals surface area contributed by atoms with Crippen LogP contribution >= 0.6 is 0 Å². The summed E-state index contributed by atoms with van der Waals surface area (Å²) in [5.74, 6) is -0.413. The molecule has 1 aromatic heterocycles. The van der Waals surface area contributed by atoms with Gasteiger partial charge in [-0.1, -0.05) is 12.1 Å². The predicted octanol–water partition coefficient (Wildman–Crippen LogP) is 4.29. The molecule has 2 N–H and O–H groups in total. The first-order valence-electron chi connectivity index (χ1n) is 7.53. The van der Waals surface area contributed by atoms with E-state index in [0.717, 1.165) is 0 Å². The lowest BCUT2D eigenvalue weighted by Gasteiger charge is -2.05. The number of methoxy groups -OCH3 is 1. The van der Waals surface area contributed by atoms with E-state index in [0.29, 0.717) is 28.1 Å². The average molecular weight is 341 g/mol. The zero-order chi connectivity index (χ0) is 18.0. The Morgan fingerprint density at radius 3 is 2.52 bits per heavy atom. The summed E-state index contributed by atoms with van der Waals surface area (Å²) >= 11 is 0. The highest BCUT2D eigenvalue weighted by atomic mass is 19.1. The number of hydrogen-bond donors (Lipinski definition) is 2. The highest BCUT2D eigenvalue weighted by Gasteiger charge is 2.22. The fraction of sp³-hybridized carbons (Fsp3) is 0.105. The lowest BCUT2D eigenvalue weighted by Crippen LogP contribution is -2.00. The van der Waals surface area contributed by atoms with Crippen LogP contribution in [0.3, 0.4) is 0 Å². The molecule has 0 radical (unpaired) electrons. The molecular formula is C19H16FNO4. The van der Waals surface area contributed by atoms with Crippen molar-refractivity contribution in [1.82, 2.24) is 0 Å². The second-order valence-corrected chi connectivity index (χ2v) is 5.31. The zero-order valence-corrected chi connectivity index (χ0v) is 13.7. The van der Waals surface area contributed by atoms with Gasteiger partial charge in [0.1, 0.15) is 5.82 Å². The molecule has 0 aliphatic rings. The summed E-state index contributed by atoms with van der Waals surface area (Å²) in [5, 5.41) is 13.5. The fourth-order valence-corrected chi connectivity index (χ4v) is 2.58. The van der Waals surface area contributed by atoms with Crippen molar-refractivity contribution in [2.45, 2.75) is 0 Å². The van der Waals surface area contributed by atoms with Crippen molar-refractivity contribution in [2.75, 3.05) is 19.5 Å². The van der Waals surface area contributed by atoms with E-state index < -0.39 is 5.97 Å². The van der Waals surface area contributed by atoms with Crippen molar-refractivity contribution >= 4 is 11.9 Å². The quantitative estimate of drug-likeness (QED) is 0.693. The Bertz CT molecular complexity index is 916. The Morgan fingerprint density at radius 2 is 1.88 bits per heavy atom. The standard InChI is InChI=1S/C19H16FNO4/c1-21-18-15(12-4-3-5-13(10-12)19(23)24-2)16(22)17(25-18)11-6-8-14(20)9-7-11/h3-10,21-22H,1-2H3. The predicted molar refractivity (Wildman–Crippen MR) is 92.1 cm³/mol. The van der Waals surface area contributed by atoms with E-state index >= 15 is 0 Å². The van der Waals surface area contributed by atoms with Gasteiger partial charge in [-0.2, -0.15) is 0 Å². The van der Waals surface area contributed by atoms with E-state index in [1.807, 2.05) is 0 Å². The lowest BCUT2D eigenvalue weighted by molar-refractivity contribution is 0.0601. The van der Waals surface area contributed by atoms with Gasteiger partial charge in [0.25, 0.3) is 0 Å². The van der Waals surface area contributed by atoms with Crippen LogP contribution in [0.25, 0.3) is 22.5 Å². The molecule has 0 amide bonds. The molecule has 0 aliphatic carbocycles. The first-order valence-corrected chi connectivity index (χ1v) is 7.53. The molecule has 128 valence electrons. The van der Waals surface area contributed by atoms with E-state index in [4.69, 9.17) is 9.15 Å². The van der Waals surface area contributed by atoms with E-state index in [2.05, 4.69) is 5.32 Å². The van der Waals surface area contributed by atoms with Crippen LogP contribution < -0.4 is 5.32 Å². The van der Waals surface area contributed by atoms with E-state index in [1.165, 1.54) is 31.4 Å². The number of aromatic hydroxyl groups is 1. The van der Waals surface area contributed by atoms with Gasteiger partial charge in [-0.15, -0.1) is 0 Å². The lowest BCUT2D eigenvalue weighted by atomic mass is 10.0. The highest BCUT2D eigenvalue weighted by molar-refractivity contribution is 5.93. The molecule has 0 bridgehead atoms. The normalized spacial score (nSPS) is 10.5. The summed E-state index contributed by atoms with van der Waals surface area (Å²) in [6.45, 7) is 0. The van der Waals surface area contributed by atoms with Crippen LogP contribution in [0.5, 0.6) is 5.75 Å². The molecule has 0 spiro atoms. The maximum atomic E-state index is 13.1. The largest absolute Gasteiger partial charge is 0.504 e. The van der Waals surface area contributed by atoms with Crippen LogP contribution in [0.2, 0.25) is 0 Å². The molecule has 6 heteroatoms. The number of esters is 1. The second kappa shape index (κ2) is 6.68. The van der Waals surface area contributed by atoms with Gasteiger partial charge < -0.3 is 19.6 Å². The van der Waals surface area contributed by atoms with E-state index in [9.17, 15) is 14.3 Å². The topological polar surface area (TPSA) is 71.7 Å². The molecule has 0 saturated carbocycles. The minimum atomic E-state index is -0.477. The number of carbonyl (C=O) groups is 1. The monoisotopic (exact) mass is 341 g/mol. The fourth-order valence-electron chi connectivity index (χ4n) is 2.58. The smallest absolute Gasteiger partial charge is 0.337 e. The van der Waals surface area contributed by atoms with Crippen LogP contribution in [0, 0.1) is 5.82 Å². The molecule has 25 heavy (non-hydrogen) atoms. The van der Waals surface area contributed by atoms with Gasteiger partial charge in [0.05, 0.1) is 18.2 Å². The Kier molecular flexibility index (Phi) is 4.43. The number of furan rings is 1. The van der Waals surface area contributed by atoms with Crippen molar-refractivity contribution in [3.63, 3.8) is 0 Å². The van der Waals surface area contributed by atoms with Crippen molar-refractivity contribution in [3.05, 3.63) is 59.9 Å². The Morgan fingerprint density at radius 1 is 1.16 bits per heavy atom. The summed E-state index contributed by atoms with van der Waals surface area (Å²) in [6, 6.07) is 12.3. The third-order valence-corrected chi connectivity index (χ3v) is 3.79. The van der Waals surface area contributed by atoms with E-state index in [1.54, 1.807) is 31.3 Å². The van der Waals surface area contributed by atoms with E-state index in [-0.39, 0.29) is 17.3 Å². The SMILES string of the molecule is CNc1oc(-c2ccc(F)cc2)c(O)c1-c1cccc(C(=O)OC)c1. The summed E-state index contributed by atoms with van der Waals surface area (Å²) in [6.07, 6.45) is 0. The number of halogens is 1. The van der Waals surface area contributed by atoms with Gasteiger partial charge in [-0.05, 0) is 42.0 Å². The van der Waals surface area contributed by atoms with Crippen LogP contribution in [-0.2, 0) is 4.74 Å². The summed E-state index contributed by atoms with van der Waals surface area (Å²) in [4.78, 5) is 11.7. The molecule has 3 aromatic rings. The maximum Gasteiger partial charge on any atom is 0.337 e. The third kappa shape index (κ3) is 3.06.